The van der Waals surface area contributed by atoms with Gasteiger partial charge in [-0.2, -0.15) is 0 Å². The van der Waals surface area contributed by atoms with Crippen molar-refractivity contribution < 1.29 is 0 Å². The molecule has 0 amide bonds. The van der Waals surface area contributed by atoms with Crippen molar-refractivity contribution in [3.05, 3.63) is 17.5 Å². The minimum atomic E-state index is 0.733. The number of hydrogen-bond donors (Lipinski definition) is 1. The normalized spacial score (nSPS) is 20.8. The van der Waals surface area contributed by atoms with Crippen molar-refractivity contribution in [3.63, 3.8) is 0 Å². The average molecular weight is 261 g/mol. The fourth-order valence-electron chi connectivity index (χ4n) is 2.35. The van der Waals surface area contributed by atoms with Gasteiger partial charge in [0.2, 0.25) is 5.95 Å². The Bertz CT molecular complexity index is 435. The lowest BCUT2D eigenvalue weighted by Crippen LogP contribution is -2.45. The molecule has 1 aromatic heterocycles. The second-order valence-electron chi connectivity index (χ2n) is 5.73. The summed E-state index contributed by atoms with van der Waals surface area (Å²) in [6.45, 7) is 7.22. The Morgan fingerprint density at radius 2 is 2.00 bits per heavy atom. The molecule has 0 spiro atoms. The summed E-state index contributed by atoms with van der Waals surface area (Å²) in [5.74, 6) is 0.890. The molecular weight excluding hydrogens is 238 g/mol. The Balaban J connectivity index is 1.64. The molecule has 1 aliphatic heterocycles. The molecule has 104 valence electrons. The summed E-state index contributed by atoms with van der Waals surface area (Å²) >= 11 is 0. The van der Waals surface area contributed by atoms with Gasteiger partial charge in [-0.05, 0) is 26.8 Å². The maximum absolute atomic E-state index is 4.68. The summed E-state index contributed by atoms with van der Waals surface area (Å²) in [6, 6.07) is 0.733. The third-order valence-electron chi connectivity index (χ3n) is 4.01. The van der Waals surface area contributed by atoms with E-state index in [1.807, 2.05) is 6.20 Å². The van der Waals surface area contributed by atoms with Crippen LogP contribution in [0.1, 0.15) is 24.1 Å². The fourth-order valence-corrected chi connectivity index (χ4v) is 2.35. The SMILES string of the molecule is Cc1nc(N2CCN(C)CC2)ncc1CNC1CC1. The summed E-state index contributed by atoms with van der Waals surface area (Å²) in [7, 11) is 2.16. The van der Waals surface area contributed by atoms with Crippen LogP contribution < -0.4 is 10.2 Å². The first-order valence-corrected chi connectivity index (χ1v) is 7.22. The molecule has 0 atom stereocenters. The average Bonchev–Trinajstić information content (AvgIpc) is 3.22. The molecular formula is C14H23N5. The maximum Gasteiger partial charge on any atom is 0.225 e. The predicted molar refractivity (Wildman–Crippen MR) is 76.3 cm³/mol. The Kier molecular flexibility index (Phi) is 3.66. The fraction of sp³-hybridized carbons (Fsp3) is 0.714. The molecule has 1 saturated carbocycles. The molecule has 5 heteroatoms. The number of hydrogen-bond acceptors (Lipinski definition) is 5. The van der Waals surface area contributed by atoms with Gasteiger partial charge in [-0.15, -0.1) is 0 Å². The Morgan fingerprint density at radius 1 is 1.26 bits per heavy atom. The van der Waals surface area contributed by atoms with Crippen LogP contribution in [0.15, 0.2) is 6.20 Å². The molecule has 1 N–H and O–H groups in total. The number of piperazine rings is 1. The van der Waals surface area contributed by atoms with Crippen LogP contribution >= 0.6 is 0 Å². The highest BCUT2D eigenvalue weighted by Gasteiger charge is 2.21. The van der Waals surface area contributed by atoms with Gasteiger partial charge in [-0.25, -0.2) is 9.97 Å². The largest absolute Gasteiger partial charge is 0.338 e. The van der Waals surface area contributed by atoms with Crippen molar-refractivity contribution in [1.29, 1.82) is 0 Å². The smallest absolute Gasteiger partial charge is 0.225 e. The van der Waals surface area contributed by atoms with Gasteiger partial charge < -0.3 is 15.1 Å². The number of aryl methyl sites for hydroxylation is 1. The van der Waals surface area contributed by atoms with E-state index in [-0.39, 0.29) is 0 Å². The Hall–Kier alpha value is -1.20. The van der Waals surface area contributed by atoms with E-state index >= 15 is 0 Å². The molecule has 2 aliphatic rings. The van der Waals surface area contributed by atoms with Crippen LogP contribution in [0.25, 0.3) is 0 Å². The number of likely N-dealkylation sites (N-methyl/N-ethyl adjacent to an activating group) is 1. The summed E-state index contributed by atoms with van der Waals surface area (Å²) < 4.78 is 0. The minimum absolute atomic E-state index is 0.733. The van der Waals surface area contributed by atoms with Gasteiger partial charge in [0.1, 0.15) is 0 Å². The van der Waals surface area contributed by atoms with Crippen LogP contribution in [0.5, 0.6) is 0 Å². The summed E-state index contributed by atoms with van der Waals surface area (Å²) in [6.07, 6.45) is 4.63. The van der Waals surface area contributed by atoms with Crippen LogP contribution in [-0.2, 0) is 6.54 Å². The third kappa shape index (κ3) is 3.22. The molecule has 0 aromatic carbocycles. The van der Waals surface area contributed by atoms with Crippen LogP contribution in [-0.4, -0.2) is 54.1 Å². The molecule has 3 rings (SSSR count). The molecule has 2 heterocycles. The van der Waals surface area contributed by atoms with Crippen molar-refractivity contribution in [2.24, 2.45) is 0 Å². The van der Waals surface area contributed by atoms with E-state index in [1.54, 1.807) is 0 Å². The van der Waals surface area contributed by atoms with Crippen LogP contribution in [0.4, 0.5) is 5.95 Å². The highest BCUT2D eigenvalue weighted by atomic mass is 15.3. The lowest BCUT2D eigenvalue weighted by molar-refractivity contribution is 0.311. The Morgan fingerprint density at radius 3 is 2.63 bits per heavy atom. The second-order valence-corrected chi connectivity index (χ2v) is 5.73. The molecule has 1 aromatic rings. The highest BCUT2D eigenvalue weighted by molar-refractivity contribution is 5.33. The van der Waals surface area contributed by atoms with Gasteiger partial charge in [0.05, 0.1) is 0 Å². The number of aromatic nitrogens is 2. The van der Waals surface area contributed by atoms with E-state index in [1.165, 1.54) is 18.4 Å². The molecule has 1 saturated heterocycles. The lowest BCUT2D eigenvalue weighted by atomic mass is 10.2. The third-order valence-corrected chi connectivity index (χ3v) is 4.01. The van der Waals surface area contributed by atoms with Crippen LogP contribution in [0, 0.1) is 6.92 Å². The quantitative estimate of drug-likeness (QED) is 0.868. The highest BCUT2D eigenvalue weighted by Crippen LogP contribution is 2.20. The standard InChI is InChI=1S/C14H23N5/c1-11-12(9-15-13-3-4-13)10-16-14(17-11)19-7-5-18(2)6-8-19/h10,13,15H,3-9H2,1-2H3. The van der Waals surface area contributed by atoms with Gasteiger partial charge in [-0.1, -0.05) is 0 Å². The summed E-state index contributed by atoms with van der Waals surface area (Å²) in [5, 5.41) is 3.52. The second kappa shape index (κ2) is 5.43. The summed E-state index contributed by atoms with van der Waals surface area (Å²) in [5.41, 5.74) is 2.34. The molecule has 19 heavy (non-hydrogen) atoms. The molecule has 2 fully saturated rings. The van der Waals surface area contributed by atoms with Crippen LogP contribution in [0.2, 0.25) is 0 Å². The Labute approximate surface area is 115 Å². The van der Waals surface area contributed by atoms with Gasteiger partial charge in [0.25, 0.3) is 0 Å². The van der Waals surface area contributed by atoms with Crippen molar-refractivity contribution in [2.45, 2.75) is 32.4 Å². The van der Waals surface area contributed by atoms with Gasteiger partial charge in [0.15, 0.2) is 0 Å². The van der Waals surface area contributed by atoms with Crippen LogP contribution in [0.3, 0.4) is 0 Å². The van der Waals surface area contributed by atoms with Crippen molar-refractivity contribution in [1.82, 2.24) is 20.2 Å². The molecule has 0 bridgehead atoms. The summed E-state index contributed by atoms with van der Waals surface area (Å²) in [4.78, 5) is 13.8. The predicted octanol–water partition coefficient (Wildman–Crippen LogP) is 0.789. The van der Waals surface area contributed by atoms with E-state index in [2.05, 4.69) is 39.1 Å². The number of nitrogens with one attached hydrogen (secondary N) is 1. The number of rotatable bonds is 4. The molecule has 0 unspecified atom stereocenters. The van der Waals surface area contributed by atoms with Gasteiger partial charge >= 0.3 is 0 Å². The number of nitrogens with zero attached hydrogens (tertiary/aromatic N) is 4. The van der Waals surface area contributed by atoms with Crippen molar-refractivity contribution in [3.8, 4) is 0 Å². The van der Waals surface area contributed by atoms with E-state index in [4.69, 9.17) is 0 Å². The zero-order valence-electron chi connectivity index (χ0n) is 11.9. The molecule has 0 radical (unpaired) electrons. The van der Waals surface area contributed by atoms with Gasteiger partial charge in [-0.3, -0.25) is 0 Å². The maximum atomic E-state index is 4.68. The van der Waals surface area contributed by atoms with Crippen molar-refractivity contribution in [2.75, 3.05) is 38.1 Å². The van der Waals surface area contributed by atoms with E-state index in [9.17, 15) is 0 Å². The van der Waals surface area contributed by atoms with Gasteiger partial charge in [0, 0.05) is 56.2 Å². The van der Waals surface area contributed by atoms with Crippen molar-refractivity contribution >= 4 is 5.95 Å². The van der Waals surface area contributed by atoms with E-state index in [0.29, 0.717) is 0 Å². The first-order valence-electron chi connectivity index (χ1n) is 7.22. The first-order chi connectivity index (χ1) is 9.22. The zero-order valence-corrected chi connectivity index (χ0v) is 11.9. The lowest BCUT2D eigenvalue weighted by Gasteiger charge is -2.32. The van der Waals surface area contributed by atoms with E-state index < -0.39 is 0 Å². The molecule has 1 aliphatic carbocycles. The minimum Gasteiger partial charge on any atom is -0.338 e. The molecule has 5 nitrogen and oxygen atoms in total. The monoisotopic (exact) mass is 261 g/mol. The first kappa shape index (κ1) is 12.8. The number of anilines is 1. The topological polar surface area (TPSA) is 44.3 Å². The van der Waals surface area contributed by atoms with E-state index in [0.717, 1.165) is 50.4 Å². The zero-order chi connectivity index (χ0) is 13.2.